The minimum absolute atomic E-state index is 0.186. The summed E-state index contributed by atoms with van der Waals surface area (Å²) in [7, 11) is 0. The monoisotopic (exact) mass is 238 g/mol. The predicted octanol–water partition coefficient (Wildman–Crippen LogP) is 0.453. The van der Waals surface area contributed by atoms with Crippen molar-refractivity contribution >= 4 is 0 Å². The Labute approximate surface area is 103 Å². The Morgan fingerprint density at radius 1 is 1.59 bits per heavy atom. The van der Waals surface area contributed by atoms with Gasteiger partial charge in [-0.1, -0.05) is 6.92 Å². The second-order valence-corrected chi connectivity index (χ2v) is 4.54. The van der Waals surface area contributed by atoms with Crippen LogP contribution in [0.4, 0.5) is 0 Å². The molecule has 0 bridgehead atoms. The lowest BCUT2D eigenvalue weighted by Crippen LogP contribution is -2.45. The number of ether oxygens (including phenoxy) is 1. The van der Waals surface area contributed by atoms with Crippen LogP contribution >= 0.6 is 0 Å². The smallest absolute Gasteiger partial charge is 0.0948 e. The van der Waals surface area contributed by atoms with Gasteiger partial charge in [-0.3, -0.25) is 4.90 Å². The third kappa shape index (κ3) is 3.28. The van der Waals surface area contributed by atoms with Crippen LogP contribution in [0.25, 0.3) is 0 Å². The maximum atomic E-state index is 5.65. The van der Waals surface area contributed by atoms with Crippen molar-refractivity contribution in [1.82, 2.24) is 14.5 Å². The van der Waals surface area contributed by atoms with Crippen LogP contribution in [0.3, 0.4) is 0 Å². The second-order valence-electron chi connectivity index (χ2n) is 4.54. The van der Waals surface area contributed by atoms with Gasteiger partial charge in [-0.2, -0.15) is 0 Å². The highest BCUT2D eigenvalue weighted by molar-refractivity contribution is 4.98. The summed E-state index contributed by atoms with van der Waals surface area (Å²) in [4.78, 5) is 6.62. The molecule has 0 aromatic carbocycles. The largest absolute Gasteiger partial charge is 0.374 e. The predicted molar refractivity (Wildman–Crippen MR) is 66.6 cm³/mol. The van der Waals surface area contributed by atoms with Crippen molar-refractivity contribution < 1.29 is 4.74 Å². The Morgan fingerprint density at radius 2 is 2.47 bits per heavy atom. The van der Waals surface area contributed by atoms with Crippen LogP contribution in [-0.4, -0.2) is 46.8 Å². The van der Waals surface area contributed by atoms with Crippen molar-refractivity contribution in [3.63, 3.8) is 0 Å². The van der Waals surface area contributed by atoms with E-state index in [4.69, 9.17) is 10.5 Å². The number of aryl methyl sites for hydroxylation is 1. The molecule has 1 unspecified atom stereocenters. The Hall–Kier alpha value is -0.910. The lowest BCUT2D eigenvalue weighted by Gasteiger charge is -2.32. The third-order valence-corrected chi connectivity index (χ3v) is 3.13. The normalized spacial score (nSPS) is 21.9. The van der Waals surface area contributed by atoms with Gasteiger partial charge in [0.05, 0.1) is 24.7 Å². The number of morpholine rings is 1. The van der Waals surface area contributed by atoms with Crippen LogP contribution in [0.1, 0.15) is 19.0 Å². The standard InChI is InChI=1S/C12H22N4O/c1-2-3-16-10-14-7-11(16)8-15-4-5-17-12(6-13)9-15/h7,10,12H,2-6,8-9,13H2,1H3. The number of rotatable bonds is 5. The summed E-state index contributed by atoms with van der Waals surface area (Å²) in [5, 5.41) is 0. The summed E-state index contributed by atoms with van der Waals surface area (Å²) in [5.74, 6) is 0. The maximum Gasteiger partial charge on any atom is 0.0948 e. The second kappa shape index (κ2) is 6.14. The quantitative estimate of drug-likeness (QED) is 0.809. The number of imidazole rings is 1. The van der Waals surface area contributed by atoms with Crippen LogP contribution in [-0.2, 0) is 17.8 Å². The zero-order valence-electron chi connectivity index (χ0n) is 10.5. The molecule has 0 saturated carbocycles. The molecule has 0 amide bonds. The summed E-state index contributed by atoms with van der Waals surface area (Å²) in [6, 6.07) is 0. The Morgan fingerprint density at radius 3 is 3.24 bits per heavy atom. The number of hydrogen-bond acceptors (Lipinski definition) is 4. The molecule has 1 fully saturated rings. The van der Waals surface area contributed by atoms with Crippen LogP contribution in [0, 0.1) is 0 Å². The molecule has 1 aromatic heterocycles. The molecule has 2 heterocycles. The van der Waals surface area contributed by atoms with Crippen LogP contribution in [0.2, 0.25) is 0 Å². The summed E-state index contributed by atoms with van der Waals surface area (Å²) in [6.07, 6.45) is 5.20. The van der Waals surface area contributed by atoms with Gasteiger partial charge in [0.2, 0.25) is 0 Å². The molecule has 5 heteroatoms. The van der Waals surface area contributed by atoms with E-state index in [2.05, 4.69) is 21.4 Å². The van der Waals surface area contributed by atoms with Gasteiger partial charge in [0, 0.05) is 38.9 Å². The van der Waals surface area contributed by atoms with Gasteiger partial charge in [0.15, 0.2) is 0 Å². The molecule has 1 atom stereocenters. The molecule has 1 aliphatic rings. The average Bonchev–Trinajstić information content (AvgIpc) is 2.78. The first-order valence-corrected chi connectivity index (χ1v) is 6.36. The van der Waals surface area contributed by atoms with Gasteiger partial charge >= 0.3 is 0 Å². The molecular formula is C12H22N4O. The highest BCUT2D eigenvalue weighted by Gasteiger charge is 2.19. The minimum atomic E-state index is 0.186. The number of nitrogens with zero attached hydrogens (tertiary/aromatic N) is 3. The Kier molecular flexibility index (Phi) is 4.53. The molecule has 0 aliphatic carbocycles. The summed E-state index contributed by atoms with van der Waals surface area (Å²) < 4.78 is 7.79. The van der Waals surface area contributed by atoms with Gasteiger partial charge in [-0.05, 0) is 6.42 Å². The summed E-state index contributed by atoms with van der Waals surface area (Å²) in [6.45, 7) is 7.46. The molecular weight excluding hydrogens is 216 g/mol. The van der Waals surface area contributed by atoms with Crippen molar-refractivity contribution in [3.05, 3.63) is 18.2 Å². The van der Waals surface area contributed by atoms with Crippen LogP contribution in [0.5, 0.6) is 0 Å². The molecule has 0 spiro atoms. The number of aromatic nitrogens is 2. The highest BCUT2D eigenvalue weighted by Crippen LogP contribution is 2.10. The Bertz CT molecular complexity index is 339. The third-order valence-electron chi connectivity index (χ3n) is 3.13. The van der Waals surface area contributed by atoms with Gasteiger partial charge < -0.3 is 15.0 Å². The zero-order chi connectivity index (χ0) is 12.1. The fourth-order valence-electron chi connectivity index (χ4n) is 2.22. The van der Waals surface area contributed by atoms with Crippen LogP contribution < -0.4 is 5.73 Å². The van der Waals surface area contributed by atoms with E-state index in [0.717, 1.165) is 39.2 Å². The van der Waals surface area contributed by atoms with Crippen molar-refractivity contribution in [2.24, 2.45) is 5.73 Å². The van der Waals surface area contributed by atoms with E-state index in [1.807, 2.05) is 12.5 Å². The van der Waals surface area contributed by atoms with Gasteiger partial charge in [-0.15, -0.1) is 0 Å². The molecule has 1 saturated heterocycles. The van der Waals surface area contributed by atoms with E-state index >= 15 is 0 Å². The highest BCUT2D eigenvalue weighted by atomic mass is 16.5. The van der Waals surface area contributed by atoms with E-state index in [0.29, 0.717) is 6.54 Å². The first-order valence-electron chi connectivity index (χ1n) is 6.36. The lowest BCUT2D eigenvalue weighted by molar-refractivity contribution is -0.0267. The van der Waals surface area contributed by atoms with Crippen molar-refractivity contribution in [2.45, 2.75) is 32.5 Å². The van der Waals surface area contributed by atoms with Gasteiger partial charge in [-0.25, -0.2) is 4.98 Å². The number of hydrogen-bond donors (Lipinski definition) is 1. The first-order chi connectivity index (χ1) is 8.33. The van der Waals surface area contributed by atoms with E-state index in [-0.39, 0.29) is 6.10 Å². The molecule has 17 heavy (non-hydrogen) atoms. The van der Waals surface area contributed by atoms with E-state index in [9.17, 15) is 0 Å². The minimum Gasteiger partial charge on any atom is -0.374 e. The summed E-state index contributed by atoms with van der Waals surface area (Å²) >= 11 is 0. The average molecular weight is 238 g/mol. The topological polar surface area (TPSA) is 56.3 Å². The molecule has 1 aromatic rings. The zero-order valence-corrected chi connectivity index (χ0v) is 10.5. The maximum absolute atomic E-state index is 5.65. The molecule has 0 radical (unpaired) electrons. The fourth-order valence-corrected chi connectivity index (χ4v) is 2.22. The molecule has 1 aliphatic heterocycles. The molecule has 2 rings (SSSR count). The van der Waals surface area contributed by atoms with Crippen molar-refractivity contribution in [1.29, 1.82) is 0 Å². The van der Waals surface area contributed by atoms with E-state index in [1.165, 1.54) is 5.69 Å². The molecule has 96 valence electrons. The Balaban J connectivity index is 1.93. The van der Waals surface area contributed by atoms with E-state index < -0.39 is 0 Å². The summed E-state index contributed by atoms with van der Waals surface area (Å²) in [5.41, 5.74) is 6.93. The lowest BCUT2D eigenvalue weighted by atomic mass is 10.2. The molecule has 5 nitrogen and oxygen atoms in total. The molecule has 2 N–H and O–H groups in total. The fraction of sp³-hybridized carbons (Fsp3) is 0.750. The van der Waals surface area contributed by atoms with Gasteiger partial charge in [0.1, 0.15) is 0 Å². The van der Waals surface area contributed by atoms with Crippen molar-refractivity contribution in [2.75, 3.05) is 26.2 Å². The van der Waals surface area contributed by atoms with Crippen LogP contribution in [0.15, 0.2) is 12.5 Å². The van der Waals surface area contributed by atoms with Gasteiger partial charge in [0.25, 0.3) is 0 Å². The SMILES string of the molecule is CCCn1cncc1CN1CCOC(CN)C1. The van der Waals surface area contributed by atoms with Crippen molar-refractivity contribution in [3.8, 4) is 0 Å². The van der Waals surface area contributed by atoms with E-state index in [1.54, 1.807) is 0 Å². The number of nitrogens with two attached hydrogens (primary N) is 1. The first kappa shape index (κ1) is 12.5.